The minimum Gasteiger partial charge on any atom is -0.245 e. The van der Waals surface area contributed by atoms with Gasteiger partial charge in [-0.25, -0.2) is 9.34 Å². The fraction of sp³-hybridized carbons (Fsp3) is 0.364. The zero-order valence-electron chi connectivity index (χ0n) is 15.4. The Balaban J connectivity index is 1.67. The monoisotopic (exact) mass is 384 g/mol. The van der Waals surface area contributed by atoms with Gasteiger partial charge in [0.15, 0.2) is 0 Å². The Morgan fingerprint density at radius 2 is 1.15 bits per heavy atom. The Kier molecular flexibility index (Phi) is 5.47. The second-order valence-corrected chi connectivity index (χ2v) is 9.56. The summed E-state index contributed by atoms with van der Waals surface area (Å²) in [5, 5.41) is 0. The molecular weight excluding hydrogens is 359 g/mol. The highest BCUT2D eigenvalue weighted by Gasteiger charge is 2.50. The van der Waals surface area contributed by atoms with E-state index in [1.165, 1.54) is 11.1 Å². The van der Waals surface area contributed by atoms with Crippen molar-refractivity contribution in [3.63, 3.8) is 0 Å². The molecule has 1 aliphatic heterocycles. The van der Waals surface area contributed by atoms with Crippen LogP contribution in [0.25, 0.3) is 0 Å². The third-order valence-electron chi connectivity index (χ3n) is 5.78. The van der Waals surface area contributed by atoms with E-state index < -0.39 is 7.58 Å². The van der Waals surface area contributed by atoms with Gasteiger partial charge in [0, 0.05) is 24.2 Å². The second kappa shape index (κ2) is 7.82. The van der Waals surface area contributed by atoms with E-state index in [1.807, 2.05) is 0 Å². The van der Waals surface area contributed by atoms with Crippen molar-refractivity contribution >= 4 is 18.8 Å². The van der Waals surface area contributed by atoms with Crippen molar-refractivity contribution in [1.82, 2.24) is 9.34 Å². The average Bonchev–Trinajstić information content (AvgIpc) is 3.00. The highest BCUT2D eigenvalue weighted by Crippen LogP contribution is 2.65. The van der Waals surface area contributed by atoms with E-state index in [-0.39, 0.29) is 0 Å². The Morgan fingerprint density at radius 3 is 1.54 bits per heavy atom. The summed E-state index contributed by atoms with van der Waals surface area (Å²) in [5.74, 6) is 0. The van der Waals surface area contributed by atoms with Crippen LogP contribution >= 0.6 is 18.8 Å². The molecule has 0 radical (unpaired) electrons. The van der Waals surface area contributed by atoms with E-state index in [4.69, 9.17) is 11.2 Å². The van der Waals surface area contributed by atoms with Gasteiger partial charge >= 0.3 is 0 Å². The molecule has 26 heavy (non-hydrogen) atoms. The molecule has 0 saturated carbocycles. The van der Waals surface area contributed by atoms with Crippen LogP contribution in [-0.4, -0.2) is 21.4 Å². The van der Waals surface area contributed by atoms with Crippen LogP contribution in [0.3, 0.4) is 0 Å². The molecule has 0 N–H and O–H groups in total. The molecule has 0 unspecified atom stereocenters. The predicted molar refractivity (Wildman–Crippen MR) is 112 cm³/mol. The van der Waals surface area contributed by atoms with Crippen LogP contribution < -0.4 is 0 Å². The lowest BCUT2D eigenvalue weighted by molar-refractivity contribution is 0.209. The zero-order chi connectivity index (χ0) is 18.1. The van der Waals surface area contributed by atoms with Gasteiger partial charge in [0.25, 0.3) is 0 Å². The average molecular weight is 385 g/mol. The molecule has 4 rings (SSSR count). The van der Waals surface area contributed by atoms with Crippen molar-refractivity contribution in [3.05, 3.63) is 83.9 Å². The van der Waals surface area contributed by atoms with Crippen LogP contribution in [-0.2, 0) is 0 Å². The van der Waals surface area contributed by atoms with Gasteiger partial charge in [-0.3, -0.25) is 0 Å². The van der Waals surface area contributed by atoms with Crippen molar-refractivity contribution in [2.45, 2.75) is 50.9 Å². The maximum absolute atomic E-state index is 7.20. The summed E-state index contributed by atoms with van der Waals surface area (Å²) in [7, 11) is -0.869. The van der Waals surface area contributed by atoms with Gasteiger partial charge in [0.1, 0.15) is 7.58 Å². The lowest BCUT2D eigenvalue weighted by atomic mass is 9.93. The Morgan fingerprint density at radius 1 is 0.769 bits per heavy atom. The summed E-state index contributed by atoms with van der Waals surface area (Å²) >= 11 is 7.20. The molecule has 0 spiro atoms. The number of rotatable bonds is 4. The molecule has 0 aromatic heterocycles. The first kappa shape index (κ1) is 18.2. The summed E-state index contributed by atoms with van der Waals surface area (Å²) in [6.07, 6.45) is 6.85. The molecule has 2 aromatic carbocycles. The molecule has 1 fully saturated rings. The third kappa shape index (κ3) is 3.25. The number of hydrogen-bond acceptors (Lipinski definition) is 2. The van der Waals surface area contributed by atoms with E-state index >= 15 is 0 Å². The van der Waals surface area contributed by atoms with E-state index in [9.17, 15) is 0 Å². The fourth-order valence-electron chi connectivity index (χ4n) is 4.35. The summed E-state index contributed by atoms with van der Waals surface area (Å²) in [6, 6.07) is 23.2. The van der Waals surface area contributed by atoms with Gasteiger partial charge in [0.2, 0.25) is 0 Å². The van der Waals surface area contributed by atoms with Crippen LogP contribution in [0.1, 0.15) is 49.9 Å². The second-order valence-electron chi connectivity index (χ2n) is 7.25. The standard InChI is InChI=1S/C22H26ClN2P/c1-17(19-11-5-3-6-12-19)24-21-15-9-10-16-22(21)25(26(24)23)18(2)20-13-7-4-8-14-20/h3-14,17-18,21-22H,15-16H2,1-2H3/t17-,18-,21+,22+/m0/s1. The van der Waals surface area contributed by atoms with E-state index in [1.54, 1.807) is 0 Å². The van der Waals surface area contributed by atoms with Gasteiger partial charge in [-0.05, 0) is 37.8 Å². The van der Waals surface area contributed by atoms with Crippen molar-refractivity contribution in [2.24, 2.45) is 0 Å². The van der Waals surface area contributed by atoms with Crippen LogP contribution in [0.2, 0.25) is 0 Å². The normalized spacial score (nSPS) is 26.6. The molecule has 0 amide bonds. The largest absolute Gasteiger partial charge is 0.245 e. The maximum atomic E-state index is 7.20. The van der Waals surface area contributed by atoms with Crippen molar-refractivity contribution in [1.29, 1.82) is 0 Å². The summed E-state index contributed by atoms with van der Waals surface area (Å²) in [5.41, 5.74) is 2.70. The molecule has 1 saturated heterocycles. The topological polar surface area (TPSA) is 6.48 Å². The minimum absolute atomic E-state index is 0.326. The lowest BCUT2D eigenvalue weighted by Crippen LogP contribution is -2.39. The van der Waals surface area contributed by atoms with Gasteiger partial charge in [0.05, 0.1) is 0 Å². The van der Waals surface area contributed by atoms with Crippen LogP contribution in [0, 0.1) is 0 Å². The molecule has 4 heteroatoms. The maximum Gasteiger partial charge on any atom is 0.142 e. The zero-order valence-corrected chi connectivity index (χ0v) is 17.0. The Labute approximate surface area is 163 Å². The number of hydrogen-bond donors (Lipinski definition) is 0. The quantitative estimate of drug-likeness (QED) is 0.428. The first-order valence-corrected chi connectivity index (χ1v) is 11.6. The highest BCUT2D eigenvalue weighted by atomic mass is 35.7. The number of halogens is 1. The summed E-state index contributed by atoms with van der Waals surface area (Å²) < 4.78 is 5.17. The van der Waals surface area contributed by atoms with E-state index in [0.29, 0.717) is 24.2 Å². The molecule has 2 nitrogen and oxygen atoms in total. The third-order valence-corrected chi connectivity index (χ3v) is 8.88. The van der Waals surface area contributed by atoms with Gasteiger partial charge < -0.3 is 0 Å². The predicted octanol–water partition coefficient (Wildman–Crippen LogP) is 6.68. The molecule has 1 heterocycles. The van der Waals surface area contributed by atoms with Crippen molar-refractivity contribution in [3.8, 4) is 0 Å². The number of benzene rings is 2. The molecule has 4 atom stereocenters. The number of nitrogens with zero attached hydrogens (tertiary/aromatic N) is 2. The molecule has 136 valence electrons. The van der Waals surface area contributed by atoms with Gasteiger partial charge in [-0.15, -0.1) is 0 Å². The van der Waals surface area contributed by atoms with Gasteiger partial charge in [-0.1, -0.05) is 84.1 Å². The minimum atomic E-state index is -0.869. The van der Waals surface area contributed by atoms with Gasteiger partial charge in [-0.2, -0.15) is 0 Å². The molecule has 1 aliphatic carbocycles. The van der Waals surface area contributed by atoms with E-state index in [2.05, 4.69) is 96.0 Å². The van der Waals surface area contributed by atoms with E-state index in [0.717, 1.165) is 12.8 Å². The molecule has 2 aromatic rings. The van der Waals surface area contributed by atoms with Crippen molar-refractivity contribution < 1.29 is 0 Å². The first-order valence-electron chi connectivity index (χ1n) is 9.45. The van der Waals surface area contributed by atoms with Crippen LogP contribution in [0.15, 0.2) is 72.8 Å². The fourth-order valence-corrected chi connectivity index (χ4v) is 7.87. The Hall–Kier alpha value is -1.18. The summed E-state index contributed by atoms with van der Waals surface area (Å²) in [6.45, 7) is 4.61. The Bertz CT molecular complexity index is 688. The first-order chi connectivity index (χ1) is 12.7. The lowest BCUT2D eigenvalue weighted by Gasteiger charge is -2.34. The number of fused-ring (bicyclic) bond motifs is 1. The molecular formula is C22H26ClN2P. The van der Waals surface area contributed by atoms with Crippen molar-refractivity contribution in [2.75, 3.05) is 0 Å². The SMILES string of the molecule is C[C@@H](c1ccccc1)N1[C@@H]2CC=CC[C@H]2N([C@@H](C)c2ccccc2)P1Cl. The molecule has 2 aliphatic rings. The molecule has 0 bridgehead atoms. The van der Waals surface area contributed by atoms with Crippen LogP contribution in [0.5, 0.6) is 0 Å². The smallest absolute Gasteiger partial charge is 0.142 e. The van der Waals surface area contributed by atoms with Crippen LogP contribution in [0.4, 0.5) is 0 Å². The summed E-state index contributed by atoms with van der Waals surface area (Å²) in [4.78, 5) is 0. The highest BCUT2D eigenvalue weighted by molar-refractivity contribution is 7.80.